The number of nitrogens with one attached hydrogen (secondary N) is 1. The fourth-order valence-corrected chi connectivity index (χ4v) is 2.84. The summed E-state index contributed by atoms with van der Waals surface area (Å²) in [5.41, 5.74) is 0.417. The molecule has 1 aliphatic carbocycles. The summed E-state index contributed by atoms with van der Waals surface area (Å²) in [6, 6.07) is 1.67. The molecule has 31 heavy (non-hydrogen) atoms. The van der Waals surface area contributed by atoms with Crippen molar-refractivity contribution in [1.29, 1.82) is 0 Å². The summed E-state index contributed by atoms with van der Waals surface area (Å²) in [6.45, 7) is 3.44. The van der Waals surface area contributed by atoms with E-state index in [0.717, 1.165) is 17.5 Å². The number of alkyl halides is 2. The molecule has 0 atom stereocenters. The lowest BCUT2D eigenvalue weighted by molar-refractivity contribution is 0.0853. The molecule has 0 bridgehead atoms. The lowest BCUT2D eigenvalue weighted by atomic mass is 10.2. The second-order valence-electron chi connectivity index (χ2n) is 7.38. The molecule has 0 spiro atoms. The molecule has 1 aliphatic rings. The number of oxime groups is 1. The molecule has 0 radical (unpaired) electrons. The standard InChI is InChI=1S/C21H22ClF2N5O2/c1-12(2)31-28-17(10-26-21(30)15-11-29(3)27-18(15)20(23)24)19-16(22)8-14(9-25-19)7-6-13-4-5-13/h8-9,11-13,20H,4-5,10H2,1-3H3,(H,26,30)/b28-17-. The highest BCUT2D eigenvalue weighted by atomic mass is 35.5. The van der Waals surface area contributed by atoms with Gasteiger partial charge >= 0.3 is 0 Å². The van der Waals surface area contributed by atoms with Crippen LogP contribution in [0, 0.1) is 17.8 Å². The van der Waals surface area contributed by atoms with Crippen LogP contribution < -0.4 is 5.32 Å². The number of halogens is 3. The van der Waals surface area contributed by atoms with Gasteiger partial charge in [-0.05, 0) is 32.8 Å². The number of rotatable bonds is 7. The molecular formula is C21H22ClF2N5O2. The van der Waals surface area contributed by atoms with Crippen LogP contribution in [0.5, 0.6) is 0 Å². The molecule has 0 unspecified atom stereocenters. The molecule has 10 heteroatoms. The molecule has 1 amide bonds. The molecule has 2 aromatic heterocycles. The molecule has 1 saturated carbocycles. The average Bonchev–Trinajstić information content (AvgIpc) is 3.46. The maximum atomic E-state index is 13.1. The zero-order valence-electron chi connectivity index (χ0n) is 17.3. The summed E-state index contributed by atoms with van der Waals surface area (Å²) in [5.74, 6) is 5.89. The number of hydrogen-bond acceptors (Lipinski definition) is 5. The largest absolute Gasteiger partial charge is 0.393 e. The maximum absolute atomic E-state index is 13.1. The topological polar surface area (TPSA) is 81.4 Å². The van der Waals surface area contributed by atoms with Gasteiger partial charge in [0.1, 0.15) is 23.2 Å². The van der Waals surface area contributed by atoms with Crippen molar-refractivity contribution in [3.63, 3.8) is 0 Å². The van der Waals surface area contributed by atoms with E-state index >= 15 is 0 Å². The van der Waals surface area contributed by atoms with E-state index in [2.05, 4.69) is 32.4 Å². The molecule has 0 aromatic carbocycles. The fraction of sp³-hybridized carbons (Fsp3) is 0.429. The van der Waals surface area contributed by atoms with Gasteiger partial charge in [0.25, 0.3) is 12.3 Å². The zero-order valence-corrected chi connectivity index (χ0v) is 18.1. The van der Waals surface area contributed by atoms with E-state index in [1.54, 1.807) is 26.1 Å². The molecule has 1 N–H and O–H groups in total. The monoisotopic (exact) mass is 449 g/mol. The number of pyridine rings is 1. The Morgan fingerprint density at radius 2 is 2.19 bits per heavy atom. The van der Waals surface area contributed by atoms with Crippen LogP contribution in [0.2, 0.25) is 5.02 Å². The van der Waals surface area contributed by atoms with Crippen LogP contribution >= 0.6 is 11.6 Å². The van der Waals surface area contributed by atoms with Gasteiger partial charge in [-0.1, -0.05) is 28.6 Å². The van der Waals surface area contributed by atoms with Crippen molar-refractivity contribution in [1.82, 2.24) is 20.1 Å². The van der Waals surface area contributed by atoms with E-state index in [1.165, 1.54) is 13.2 Å². The van der Waals surface area contributed by atoms with Crippen molar-refractivity contribution in [2.24, 2.45) is 18.1 Å². The summed E-state index contributed by atoms with van der Waals surface area (Å²) >= 11 is 6.38. The highest BCUT2D eigenvalue weighted by molar-refractivity contribution is 6.34. The Balaban J connectivity index is 1.79. The van der Waals surface area contributed by atoms with Gasteiger partial charge in [-0.2, -0.15) is 5.10 Å². The summed E-state index contributed by atoms with van der Waals surface area (Å²) in [7, 11) is 1.46. The minimum Gasteiger partial charge on any atom is -0.393 e. The predicted octanol–water partition coefficient (Wildman–Crippen LogP) is 3.73. The third-order valence-corrected chi connectivity index (χ3v) is 4.50. The van der Waals surface area contributed by atoms with Crippen LogP contribution in [0.3, 0.4) is 0 Å². The first kappa shape index (κ1) is 22.7. The van der Waals surface area contributed by atoms with Crippen LogP contribution in [0.15, 0.2) is 23.6 Å². The van der Waals surface area contributed by atoms with Gasteiger partial charge < -0.3 is 10.2 Å². The molecule has 7 nitrogen and oxygen atoms in total. The minimum atomic E-state index is -2.88. The van der Waals surface area contributed by atoms with Gasteiger partial charge in [0.15, 0.2) is 0 Å². The molecule has 0 saturated heterocycles. The van der Waals surface area contributed by atoms with Gasteiger partial charge in [-0.15, -0.1) is 0 Å². The van der Waals surface area contributed by atoms with E-state index < -0.39 is 18.0 Å². The van der Waals surface area contributed by atoms with E-state index in [1.807, 2.05) is 0 Å². The first-order chi connectivity index (χ1) is 14.7. The Morgan fingerprint density at radius 3 is 2.81 bits per heavy atom. The number of hydrogen-bond donors (Lipinski definition) is 1. The van der Waals surface area contributed by atoms with Crippen molar-refractivity contribution in [3.05, 3.63) is 46.0 Å². The molecule has 1 fully saturated rings. The molecule has 3 rings (SSSR count). The normalized spacial score (nSPS) is 13.9. The predicted molar refractivity (Wildman–Crippen MR) is 112 cm³/mol. The maximum Gasteiger partial charge on any atom is 0.282 e. The number of amides is 1. The molecule has 2 aromatic rings. The quantitative estimate of drug-likeness (QED) is 0.397. The number of carbonyl (C=O) groups is 1. The molecule has 2 heterocycles. The van der Waals surface area contributed by atoms with Crippen molar-refractivity contribution in [2.45, 2.75) is 39.2 Å². The Hall–Kier alpha value is -2.99. The SMILES string of the molecule is CC(C)O/N=C(/CNC(=O)c1cn(C)nc1C(F)F)c1ncc(C#CC2CC2)cc1Cl. The molecule has 164 valence electrons. The first-order valence-electron chi connectivity index (χ1n) is 9.74. The summed E-state index contributed by atoms with van der Waals surface area (Å²) in [4.78, 5) is 22.1. The number of nitrogens with zero attached hydrogens (tertiary/aromatic N) is 4. The van der Waals surface area contributed by atoms with Crippen molar-refractivity contribution >= 4 is 23.2 Å². The van der Waals surface area contributed by atoms with Crippen LogP contribution in [-0.4, -0.2) is 39.0 Å². The number of aromatic nitrogens is 3. The van der Waals surface area contributed by atoms with E-state index in [9.17, 15) is 13.6 Å². The summed E-state index contributed by atoms with van der Waals surface area (Å²) in [5, 5.41) is 10.5. The second kappa shape index (κ2) is 9.88. The Bertz CT molecular complexity index is 1050. The highest BCUT2D eigenvalue weighted by Gasteiger charge is 2.23. The minimum absolute atomic E-state index is 0.136. The van der Waals surface area contributed by atoms with E-state index in [0.29, 0.717) is 17.2 Å². The van der Waals surface area contributed by atoms with Gasteiger partial charge in [0, 0.05) is 30.9 Å². The van der Waals surface area contributed by atoms with Crippen LogP contribution in [0.1, 0.15) is 60.4 Å². The lowest BCUT2D eigenvalue weighted by Crippen LogP contribution is -2.31. The van der Waals surface area contributed by atoms with E-state index in [4.69, 9.17) is 16.4 Å². The summed E-state index contributed by atoms with van der Waals surface area (Å²) in [6.07, 6.45) is 1.92. The van der Waals surface area contributed by atoms with Crippen LogP contribution in [-0.2, 0) is 11.9 Å². The van der Waals surface area contributed by atoms with Gasteiger partial charge in [0.05, 0.1) is 17.1 Å². The fourth-order valence-electron chi connectivity index (χ4n) is 2.56. The van der Waals surface area contributed by atoms with Crippen molar-refractivity contribution in [3.8, 4) is 11.8 Å². The third-order valence-electron chi connectivity index (χ3n) is 4.21. The molecular weight excluding hydrogens is 428 g/mol. The van der Waals surface area contributed by atoms with Crippen LogP contribution in [0.4, 0.5) is 8.78 Å². The smallest absolute Gasteiger partial charge is 0.282 e. The number of aryl methyl sites for hydroxylation is 1. The van der Waals surface area contributed by atoms with Crippen molar-refractivity contribution < 1.29 is 18.4 Å². The Labute approximate surface area is 183 Å². The van der Waals surface area contributed by atoms with Crippen molar-refractivity contribution in [2.75, 3.05) is 6.54 Å². The second-order valence-corrected chi connectivity index (χ2v) is 7.78. The Kier molecular flexibility index (Phi) is 7.23. The van der Waals surface area contributed by atoms with E-state index in [-0.39, 0.29) is 28.9 Å². The van der Waals surface area contributed by atoms with Gasteiger partial charge in [-0.3, -0.25) is 14.5 Å². The lowest BCUT2D eigenvalue weighted by Gasteiger charge is -2.11. The highest BCUT2D eigenvalue weighted by Crippen LogP contribution is 2.27. The van der Waals surface area contributed by atoms with Gasteiger partial charge in [0.2, 0.25) is 0 Å². The average molecular weight is 450 g/mol. The number of carbonyl (C=O) groups excluding carboxylic acids is 1. The van der Waals surface area contributed by atoms with Crippen LogP contribution in [0.25, 0.3) is 0 Å². The third kappa shape index (κ3) is 6.25. The van der Waals surface area contributed by atoms with Gasteiger partial charge in [-0.25, -0.2) is 8.78 Å². The summed E-state index contributed by atoms with van der Waals surface area (Å²) < 4.78 is 27.4. The Morgan fingerprint density at radius 1 is 1.45 bits per heavy atom. The zero-order chi connectivity index (χ0) is 22.5. The molecule has 0 aliphatic heterocycles. The first-order valence-corrected chi connectivity index (χ1v) is 10.1.